The van der Waals surface area contributed by atoms with Crippen molar-refractivity contribution < 1.29 is 0 Å². The van der Waals surface area contributed by atoms with Gasteiger partial charge in [0.2, 0.25) is 0 Å². The molecule has 2 N–H and O–H groups in total. The van der Waals surface area contributed by atoms with Gasteiger partial charge in [-0.1, -0.05) is 54.4 Å². The maximum atomic E-state index is 6.06. The average Bonchev–Trinajstić information content (AvgIpc) is 2.43. The molecule has 0 heterocycles. The first-order chi connectivity index (χ1) is 9.51. The molecule has 0 aliphatic rings. The van der Waals surface area contributed by atoms with Crippen LogP contribution in [0.25, 0.3) is 0 Å². The van der Waals surface area contributed by atoms with Crippen LogP contribution in [0.3, 0.4) is 0 Å². The maximum Gasteiger partial charge on any atom is 0.0616 e. The summed E-state index contributed by atoms with van der Waals surface area (Å²) in [6, 6.07) is 12.1. The quantitative estimate of drug-likeness (QED) is 0.824. The van der Waals surface area contributed by atoms with Crippen LogP contribution >= 0.6 is 23.2 Å². The summed E-state index contributed by atoms with van der Waals surface area (Å²) in [6.45, 7) is 2.92. The molecule has 0 spiro atoms. The second kappa shape index (κ2) is 6.38. The Morgan fingerprint density at radius 3 is 2.15 bits per heavy atom. The standard InChI is InChI=1S/C16H18Cl2N2/c1-3-11-4-6-12(7-5-11)10-20(2)16-9-14(18)13(17)8-15(16)19/h4-9H,3,10,19H2,1-2H3. The van der Waals surface area contributed by atoms with Gasteiger partial charge >= 0.3 is 0 Å². The van der Waals surface area contributed by atoms with Crippen LogP contribution in [0.4, 0.5) is 11.4 Å². The van der Waals surface area contributed by atoms with Crippen LogP contribution in [0.15, 0.2) is 36.4 Å². The predicted molar refractivity (Wildman–Crippen MR) is 88.8 cm³/mol. The fourth-order valence-corrected chi connectivity index (χ4v) is 2.45. The minimum absolute atomic E-state index is 0.480. The number of hydrogen-bond acceptors (Lipinski definition) is 2. The number of nitrogens with zero attached hydrogens (tertiary/aromatic N) is 1. The lowest BCUT2D eigenvalue weighted by atomic mass is 10.1. The van der Waals surface area contributed by atoms with Gasteiger partial charge in [-0.05, 0) is 29.7 Å². The van der Waals surface area contributed by atoms with Crippen molar-refractivity contribution >= 4 is 34.6 Å². The highest BCUT2D eigenvalue weighted by molar-refractivity contribution is 6.42. The number of rotatable bonds is 4. The minimum Gasteiger partial charge on any atom is -0.397 e. The Hall–Kier alpha value is -1.38. The second-order valence-corrected chi connectivity index (χ2v) is 5.67. The molecule has 0 radical (unpaired) electrons. The van der Waals surface area contributed by atoms with Crippen LogP contribution in [0.1, 0.15) is 18.1 Å². The topological polar surface area (TPSA) is 29.3 Å². The SMILES string of the molecule is CCc1ccc(CN(C)c2cc(Cl)c(Cl)cc2N)cc1. The molecule has 20 heavy (non-hydrogen) atoms. The van der Waals surface area contributed by atoms with Gasteiger partial charge in [0.05, 0.1) is 21.4 Å². The first-order valence-corrected chi connectivity index (χ1v) is 7.30. The number of benzene rings is 2. The van der Waals surface area contributed by atoms with Gasteiger partial charge in [-0.2, -0.15) is 0 Å². The molecule has 0 saturated carbocycles. The third-order valence-corrected chi connectivity index (χ3v) is 4.05. The van der Waals surface area contributed by atoms with E-state index in [0.717, 1.165) is 18.7 Å². The monoisotopic (exact) mass is 308 g/mol. The van der Waals surface area contributed by atoms with E-state index in [1.165, 1.54) is 11.1 Å². The molecule has 0 aromatic heterocycles. The van der Waals surface area contributed by atoms with E-state index in [-0.39, 0.29) is 0 Å². The molecule has 4 heteroatoms. The molecule has 0 amide bonds. The Balaban J connectivity index is 2.18. The van der Waals surface area contributed by atoms with Crippen molar-refractivity contribution in [3.8, 4) is 0 Å². The van der Waals surface area contributed by atoms with Crippen LogP contribution in [-0.4, -0.2) is 7.05 Å². The summed E-state index contributed by atoms with van der Waals surface area (Å²) < 4.78 is 0. The fourth-order valence-electron chi connectivity index (χ4n) is 2.12. The van der Waals surface area contributed by atoms with Gasteiger partial charge in [0.25, 0.3) is 0 Å². The second-order valence-electron chi connectivity index (χ2n) is 4.85. The minimum atomic E-state index is 0.480. The highest BCUT2D eigenvalue weighted by atomic mass is 35.5. The van der Waals surface area contributed by atoms with Gasteiger partial charge < -0.3 is 10.6 Å². The van der Waals surface area contributed by atoms with Crippen molar-refractivity contribution in [2.45, 2.75) is 19.9 Å². The summed E-state index contributed by atoms with van der Waals surface area (Å²) in [6.07, 6.45) is 1.05. The lowest BCUT2D eigenvalue weighted by molar-refractivity contribution is 0.923. The van der Waals surface area contributed by atoms with Gasteiger partial charge in [0, 0.05) is 13.6 Å². The van der Waals surface area contributed by atoms with Crippen LogP contribution in [0.5, 0.6) is 0 Å². The Morgan fingerprint density at radius 2 is 1.55 bits per heavy atom. The summed E-state index contributed by atoms with van der Waals surface area (Å²) >= 11 is 12.0. The molecule has 2 nitrogen and oxygen atoms in total. The van der Waals surface area contributed by atoms with E-state index < -0.39 is 0 Å². The third-order valence-electron chi connectivity index (χ3n) is 3.33. The highest BCUT2D eigenvalue weighted by Crippen LogP contribution is 2.33. The summed E-state index contributed by atoms with van der Waals surface area (Å²) in [5, 5.41) is 0.998. The van der Waals surface area contributed by atoms with Crippen molar-refractivity contribution in [3.05, 3.63) is 57.6 Å². The molecule has 0 atom stereocenters. The van der Waals surface area contributed by atoms with Crippen LogP contribution in [0.2, 0.25) is 10.0 Å². The Kier molecular flexibility index (Phi) is 4.79. The zero-order valence-corrected chi connectivity index (χ0v) is 13.2. The van der Waals surface area contributed by atoms with E-state index in [2.05, 4.69) is 36.1 Å². The number of halogens is 2. The van der Waals surface area contributed by atoms with Crippen molar-refractivity contribution in [2.75, 3.05) is 17.7 Å². The summed E-state index contributed by atoms with van der Waals surface area (Å²) in [7, 11) is 1.99. The summed E-state index contributed by atoms with van der Waals surface area (Å²) in [5.41, 5.74) is 10.1. The van der Waals surface area contributed by atoms with E-state index in [1.807, 2.05) is 7.05 Å². The van der Waals surface area contributed by atoms with Crippen molar-refractivity contribution in [1.82, 2.24) is 0 Å². The van der Waals surface area contributed by atoms with Gasteiger partial charge in [-0.15, -0.1) is 0 Å². The molecule has 0 aliphatic heterocycles. The van der Waals surface area contributed by atoms with E-state index >= 15 is 0 Å². The largest absolute Gasteiger partial charge is 0.397 e. The zero-order chi connectivity index (χ0) is 14.7. The van der Waals surface area contributed by atoms with E-state index in [0.29, 0.717) is 15.7 Å². The van der Waals surface area contributed by atoms with Gasteiger partial charge in [0.15, 0.2) is 0 Å². The van der Waals surface area contributed by atoms with E-state index in [4.69, 9.17) is 28.9 Å². The lowest BCUT2D eigenvalue weighted by Gasteiger charge is -2.22. The third kappa shape index (κ3) is 3.38. The highest BCUT2D eigenvalue weighted by Gasteiger charge is 2.09. The zero-order valence-electron chi connectivity index (χ0n) is 11.7. The number of hydrogen-bond donors (Lipinski definition) is 1. The Morgan fingerprint density at radius 1 is 1.00 bits per heavy atom. The Bertz CT molecular complexity index is 594. The van der Waals surface area contributed by atoms with Crippen LogP contribution < -0.4 is 10.6 Å². The molecule has 106 valence electrons. The van der Waals surface area contributed by atoms with Crippen molar-refractivity contribution in [3.63, 3.8) is 0 Å². The molecule has 0 saturated heterocycles. The number of anilines is 2. The van der Waals surface area contributed by atoms with Crippen molar-refractivity contribution in [2.24, 2.45) is 0 Å². The van der Waals surface area contributed by atoms with E-state index in [9.17, 15) is 0 Å². The fraction of sp³-hybridized carbons (Fsp3) is 0.250. The van der Waals surface area contributed by atoms with Crippen LogP contribution in [0, 0.1) is 0 Å². The molecule has 2 aromatic carbocycles. The lowest BCUT2D eigenvalue weighted by Crippen LogP contribution is -2.17. The first-order valence-electron chi connectivity index (χ1n) is 6.54. The Labute approximate surface area is 130 Å². The predicted octanol–water partition coefficient (Wildman–Crippen LogP) is 4.77. The number of nitrogens with two attached hydrogens (primary N) is 1. The molecule has 0 aliphatic carbocycles. The van der Waals surface area contributed by atoms with E-state index in [1.54, 1.807) is 12.1 Å². The molecule has 0 bridgehead atoms. The number of nitrogen functional groups attached to an aromatic ring is 1. The summed E-state index contributed by atoms with van der Waals surface area (Å²) in [4.78, 5) is 2.07. The molecule has 2 rings (SSSR count). The van der Waals surface area contributed by atoms with Gasteiger partial charge in [-0.25, -0.2) is 0 Å². The number of aryl methyl sites for hydroxylation is 1. The first kappa shape index (κ1) is 15.0. The molecule has 2 aromatic rings. The van der Waals surface area contributed by atoms with Gasteiger partial charge in [0.1, 0.15) is 0 Å². The maximum absolute atomic E-state index is 6.06. The summed E-state index contributed by atoms with van der Waals surface area (Å²) in [5.74, 6) is 0. The molecule has 0 unspecified atom stereocenters. The smallest absolute Gasteiger partial charge is 0.0616 e. The van der Waals surface area contributed by atoms with Crippen LogP contribution in [-0.2, 0) is 13.0 Å². The van der Waals surface area contributed by atoms with Crippen molar-refractivity contribution in [1.29, 1.82) is 0 Å². The molecular formula is C16H18Cl2N2. The molecular weight excluding hydrogens is 291 g/mol. The molecule has 0 fully saturated rings. The average molecular weight is 309 g/mol. The van der Waals surface area contributed by atoms with Gasteiger partial charge in [-0.3, -0.25) is 0 Å². The normalized spacial score (nSPS) is 10.6.